The Kier molecular flexibility index (Phi) is 2.25. The third-order valence-electron chi connectivity index (χ3n) is 3.56. The van der Waals surface area contributed by atoms with E-state index in [1.165, 1.54) is 33.3 Å². The van der Waals surface area contributed by atoms with E-state index in [0.717, 1.165) is 25.9 Å². The van der Waals surface area contributed by atoms with Crippen LogP contribution in [0.15, 0.2) is 12.1 Å². The van der Waals surface area contributed by atoms with Crippen molar-refractivity contribution in [1.29, 1.82) is 0 Å². The number of benzene rings is 1. The quantitative estimate of drug-likeness (QED) is 0.750. The van der Waals surface area contributed by atoms with Crippen LogP contribution in [0.25, 0.3) is 10.9 Å². The fraction of sp³-hybridized carbons (Fsp3) is 0.429. The second kappa shape index (κ2) is 3.63. The molecule has 2 heteroatoms. The molecule has 2 heterocycles. The summed E-state index contributed by atoms with van der Waals surface area (Å²) in [5.74, 6) is 0. The third-order valence-corrected chi connectivity index (χ3v) is 3.56. The van der Waals surface area contributed by atoms with Crippen LogP contribution in [-0.4, -0.2) is 11.5 Å². The lowest BCUT2D eigenvalue weighted by Gasteiger charge is -2.12. The lowest BCUT2D eigenvalue weighted by Crippen LogP contribution is -2.22. The molecule has 0 saturated carbocycles. The molecule has 2 aromatic rings. The fourth-order valence-electron chi connectivity index (χ4n) is 2.78. The minimum Gasteiger partial charge on any atom is -0.357 e. The van der Waals surface area contributed by atoms with E-state index < -0.39 is 0 Å². The van der Waals surface area contributed by atoms with Gasteiger partial charge in [-0.2, -0.15) is 0 Å². The maximum Gasteiger partial charge on any atom is 0.0491 e. The molecule has 2 nitrogen and oxygen atoms in total. The highest BCUT2D eigenvalue weighted by atomic mass is 14.9. The van der Waals surface area contributed by atoms with Crippen LogP contribution in [0, 0.1) is 6.92 Å². The summed E-state index contributed by atoms with van der Waals surface area (Å²) in [6.07, 6.45) is 2.26. The average Bonchev–Trinajstić information content (AvgIpc) is 2.67. The molecular weight excluding hydrogens is 196 g/mol. The Labute approximate surface area is 96.1 Å². The van der Waals surface area contributed by atoms with Gasteiger partial charge in [0, 0.05) is 23.1 Å². The zero-order valence-corrected chi connectivity index (χ0v) is 9.98. The van der Waals surface area contributed by atoms with Gasteiger partial charge in [-0.1, -0.05) is 18.6 Å². The molecule has 1 aliphatic heterocycles. The van der Waals surface area contributed by atoms with Crippen molar-refractivity contribution in [3.8, 4) is 0 Å². The van der Waals surface area contributed by atoms with Crippen LogP contribution in [0.5, 0.6) is 0 Å². The first kappa shape index (κ1) is 9.91. The zero-order valence-electron chi connectivity index (χ0n) is 9.98. The summed E-state index contributed by atoms with van der Waals surface area (Å²) in [6, 6.07) is 4.63. The van der Waals surface area contributed by atoms with Gasteiger partial charge in [-0.25, -0.2) is 0 Å². The molecule has 3 rings (SSSR count). The van der Waals surface area contributed by atoms with Gasteiger partial charge in [0.05, 0.1) is 0 Å². The van der Waals surface area contributed by atoms with Gasteiger partial charge in [-0.05, 0) is 43.5 Å². The summed E-state index contributed by atoms with van der Waals surface area (Å²) in [4.78, 5) is 3.60. The van der Waals surface area contributed by atoms with Gasteiger partial charge in [-0.15, -0.1) is 0 Å². The predicted octanol–water partition coefficient (Wildman–Crippen LogP) is 2.68. The van der Waals surface area contributed by atoms with Gasteiger partial charge in [-0.3, -0.25) is 0 Å². The number of fused-ring (bicyclic) bond motifs is 3. The van der Waals surface area contributed by atoms with Crippen molar-refractivity contribution in [2.75, 3.05) is 6.54 Å². The Hall–Kier alpha value is -1.28. The monoisotopic (exact) mass is 214 g/mol. The van der Waals surface area contributed by atoms with E-state index >= 15 is 0 Å². The van der Waals surface area contributed by atoms with Gasteiger partial charge in [0.2, 0.25) is 0 Å². The van der Waals surface area contributed by atoms with Crippen LogP contribution in [0.2, 0.25) is 0 Å². The second-order valence-corrected chi connectivity index (χ2v) is 4.71. The third kappa shape index (κ3) is 1.37. The second-order valence-electron chi connectivity index (χ2n) is 4.71. The molecule has 0 amide bonds. The molecule has 1 aromatic heterocycles. The van der Waals surface area contributed by atoms with Gasteiger partial charge in [0.15, 0.2) is 0 Å². The Morgan fingerprint density at radius 2 is 2.19 bits per heavy atom. The summed E-state index contributed by atoms with van der Waals surface area (Å²) in [5.41, 5.74) is 7.12. The fourth-order valence-corrected chi connectivity index (χ4v) is 2.78. The van der Waals surface area contributed by atoms with Crippen LogP contribution in [0.1, 0.15) is 29.3 Å². The molecule has 0 aliphatic carbocycles. The number of aromatic amines is 1. The molecule has 16 heavy (non-hydrogen) atoms. The van der Waals surface area contributed by atoms with Crippen LogP contribution < -0.4 is 5.32 Å². The number of aromatic nitrogens is 1. The topological polar surface area (TPSA) is 27.8 Å². The number of hydrogen-bond acceptors (Lipinski definition) is 1. The molecule has 84 valence electrons. The number of aryl methyl sites for hydroxylation is 2. The molecule has 1 aromatic carbocycles. The molecule has 1 aliphatic rings. The van der Waals surface area contributed by atoms with Crippen molar-refractivity contribution >= 4 is 10.9 Å². The summed E-state index contributed by atoms with van der Waals surface area (Å²) in [6.45, 7) is 6.52. The Morgan fingerprint density at radius 1 is 1.31 bits per heavy atom. The number of hydrogen-bond donors (Lipinski definition) is 2. The molecule has 0 atom stereocenters. The lowest BCUT2D eigenvalue weighted by atomic mass is 10.00. The highest BCUT2D eigenvalue weighted by Crippen LogP contribution is 2.28. The Balaban J connectivity index is 2.33. The highest BCUT2D eigenvalue weighted by Gasteiger charge is 2.16. The number of nitrogens with one attached hydrogen (secondary N) is 2. The van der Waals surface area contributed by atoms with Crippen molar-refractivity contribution in [2.45, 2.75) is 33.2 Å². The smallest absolute Gasteiger partial charge is 0.0491 e. The summed E-state index contributed by atoms with van der Waals surface area (Å²) >= 11 is 0. The first-order valence-electron chi connectivity index (χ1n) is 6.13. The number of rotatable bonds is 1. The Bertz CT molecular complexity index is 537. The van der Waals surface area contributed by atoms with Crippen molar-refractivity contribution in [3.05, 3.63) is 34.5 Å². The van der Waals surface area contributed by atoms with Gasteiger partial charge >= 0.3 is 0 Å². The summed E-state index contributed by atoms with van der Waals surface area (Å²) in [5, 5.41) is 4.87. The van der Waals surface area contributed by atoms with Crippen LogP contribution in [0.3, 0.4) is 0 Å². The van der Waals surface area contributed by atoms with E-state index in [0.29, 0.717) is 0 Å². The molecule has 0 saturated heterocycles. The van der Waals surface area contributed by atoms with Gasteiger partial charge in [0.25, 0.3) is 0 Å². The van der Waals surface area contributed by atoms with E-state index in [4.69, 9.17) is 0 Å². The zero-order chi connectivity index (χ0) is 11.1. The summed E-state index contributed by atoms with van der Waals surface area (Å²) < 4.78 is 0. The molecule has 2 N–H and O–H groups in total. The Morgan fingerprint density at radius 3 is 3.00 bits per heavy atom. The van der Waals surface area contributed by atoms with Crippen molar-refractivity contribution < 1.29 is 0 Å². The molecular formula is C14H18N2. The normalized spacial score (nSPS) is 15.4. The van der Waals surface area contributed by atoms with E-state index in [-0.39, 0.29) is 0 Å². The largest absolute Gasteiger partial charge is 0.357 e. The van der Waals surface area contributed by atoms with E-state index in [1.807, 2.05) is 0 Å². The van der Waals surface area contributed by atoms with Crippen LogP contribution >= 0.6 is 0 Å². The van der Waals surface area contributed by atoms with Gasteiger partial charge < -0.3 is 10.3 Å². The van der Waals surface area contributed by atoms with E-state index in [9.17, 15) is 0 Å². The van der Waals surface area contributed by atoms with Crippen molar-refractivity contribution in [2.24, 2.45) is 0 Å². The molecule has 0 radical (unpaired) electrons. The van der Waals surface area contributed by atoms with E-state index in [1.54, 1.807) is 0 Å². The molecule has 0 bridgehead atoms. The minimum atomic E-state index is 0.992. The first-order valence-corrected chi connectivity index (χ1v) is 6.13. The number of H-pyrrole nitrogens is 1. The molecule has 0 fully saturated rings. The average molecular weight is 214 g/mol. The SMILES string of the molecule is CCc1cc(C)cc2c3c([nH]c12)CNCC3. The first-order chi connectivity index (χ1) is 7.79. The van der Waals surface area contributed by atoms with Crippen molar-refractivity contribution in [3.63, 3.8) is 0 Å². The summed E-state index contributed by atoms with van der Waals surface area (Å²) in [7, 11) is 0. The predicted molar refractivity (Wildman–Crippen MR) is 67.8 cm³/mol. The highest BCUT2D eigenvalue weighted by molar-refractivity contribution is 5.88. The maximum absolute atomic E-state index is 3.60. The van der Waals surface area contributed by atoms with Crippen LogP contribution in [-0.2, 0) is 19.4 Å². The van der Waals surface area contributed by atoms with E-state index in [2.05, 4.69) is 36.3 Å². The van der Waals surface area contributed by atoms with Crippen LogP contribution in [0.4, 0.5) is 0 Å². The molecule has 0 unspecified atom stereocenters. The lowest BCUT2D eigenvalue weighted by molar-refractivity contribution is 0.637. The standard InChI is InChI=1S/C14H18N2/c1-3-10-6-9(2)7-12-11-4-5-15-8-13(11)16-14(10)12/h6-7,15-16H,3-5,8H2,1-2H3. The molecule has 0 spiro atoms. The van der Waals surface area contributed by atoms with Gasteiger partial charge in [0.1, 0.15) is 0 Å². The minimum absolute atomic E-state index is 0.992. The van der Waals surface area contributed by atoms with Crippen molar-refractivity contribution in [1.82, 2.24) is 10.3 Å². The maximum atomic E-state index is 3.60.